The van der Waals surface area contributed by atoms with Crippen molar-refractivity contribution in [1.82, 2.24) is 5.32 Å². The summed E-state index contributed by atoms with van der Waals surface area (Å²) in [6.45, 7) is 2.93. The first-order valence-electron chi connectivity index (χ1n) is 8.25. The van der Waals surface area contributed by atoms with Gasteiger partial charge in [0.05, 0.1) is 12.3 Å². The molecular formula is C16H26N2O6. The van der Waals surface area contributed by atoms with E-state index in [1.54, 1.807) is 13.8 Å². The fraction of sp³-hybridized carbons (Fsp3) is 0.750. The molecule has 1 saturated carbocycles. The van der Waals surface area contributed by atoms with Gasteiger partial charge in [0.25, 0.3) is 0 Å². The smallest absolute Gasteiger partial charge is 0.324 e. The summed E-state index contributed by atoms with van der Waals surface area (Å²) in [5, 5.41) is 13.6. The van der Waals surface area contributed by atoms with Gasteiger partial charge in [-0.25, -0.2) is 0 Å². The van der Waals surface area contributed by atoms with Crippen molar-refractivity contribution in [3.8, 4) is 0 Å². The topological polar surface area (TPSA) is 114 Å². The molecule has 0 spiro atoms. The third-order valence-corrected chi connectivity index (χ3v) is 3.76. The van der Waals surface area contributed by atoms with Gasteiger partial charge in [-0.3, -0.25) is 14.4 Å². The van der Waals surface area contributed by atoms with Crippen molar-refractivity contribution in [2.45, 2.75) is 58.5 Å². The van der Waals surface area contributed by atoms with Crippen LogP contribution in [0.15, 0.2) is 5.16 Å². The zero-order valence-electron chi connectivity index (χ0n) is 14.2. The largest absolute Gasteiger partial charge is 0.462 e. The van der Waals surface area contributed by atoms with Gasteiger partial charge in [-0.1, -0.05) is 19.3 Å². The number of carbonyl (C=O) groups is 3. The summed E-state index contributed by atoms with van der Waals surface area (Å²) in [7, 11) is 0. The molecule has 136 valence electrons. The van der Waals surface area contributed by atoms with E-state index in [2.05, 4.69) is 10.5 Å². The first-order valence-corrected chi connectivity index (χ1v) is 8.25. The molecule has 1 amide bonds. The molecule has 8 nitrogen and oxygen atoms in total. The zero-order valence-corrected chi connectivity index (χ0v) is 14.2. The van der Waals surface area contributed by atoms with Gasteiger partial charge in [0, 0.05) is 6.42 Å². The van der Waals surface area contributed by atoms with Crippen LogP contribution in [0.4, 0.5) is 0 Å². The molecule has 0 radical (unpaired) electrons. The second-order valence-electron chi connectivity index (χ2n) is 6.14. The van der Waals surface area contributed by atoms with Crippen LogP contribution in [-0.4, -0.2) is 42.1 Å². The van der Waals surface area contributed by atoms with Gasteiger partial charge in [0.2, 0.25) is 5.91 Å². The molecule has 1 atom stereocenters. The van der Waals surface area contributed by atoms with E-state index in [9.17, 15) is 14.4 Å². The van der Waals surface area contributed by atoms with Gasteiger partial charge in [-0.15, -0.1) is 5.16 Å². The Morgan fingerprint density at radius 3 is 2.50 bits per heavy atom. The minimum absolute atomic E-state index is 0.338. The average Bonchev–Trinajstić information content (AvgIpc) is 2.52. The van der Waals surface area contributed by atoms with Crippen LogP contribution in [0.2, 0.25) is 0 Å². The maximum atomic E-state index is 11.9. The number of esters is 2. The Labute approximate surface area is 141 Å². The Kier molecular flexibility index (Phi) is 8.81. The molecular weight excluding hydrogens is 316 g/mol. The van der Waals surface area contributed by atoms with Crippen molar-refractivity contribution in [2.24, 2.45) is 17.0 Å². The number of amides is 1. The number of ether oxygens (including phenoxy) is 2. The SMILES string of the molecule is CC(C)OC(=O)C(/C=N/O)C(=O)NCOC(=O)CC1CCCCC1. The standard InChI is InChI=1S/C16H26N2O6/c1-11(2)24-16(21)13(9-18-22)15(20)17-10-23-14(19)8-12-6-4-3-5-7-12/h9,11-13,22H,3-8,10H2,1-2H3,(H,17,20)/b18-9+. The number of nitrogens with one attached hydrogen (secondary N) is 1. The van der Waals surface area contributed by atoms with E-state index in [-0.39, 0.29) is 12.7 Å². The van der Waals surface area contributed by atoms with Gasteiger partial charge in [-0.05, 0) is 32.6 Å². The fourth-order valence-corrected chi connectivity index (χ4v) is 2.59. The van der Waals surface area contributed by atoms with Crippen LogP contribution in [-0.2, 0) is 23.9 Å². The predicted octanol–water partition coefficient (Wildman–Crippen LogP) is 1.60. The molecule has 24 heavy (non-hydrogen) atoms. The quantitative estimate of drug-likeness (QED) is 0.173. The molecule has 1 unspecified atom stereocenters. The Morgan fingerprint density at radius 1 is 1.25 bits per heavy atom. The van der Waals surface area contributed by atoms with Gasteiger partial charge >= 0.3 is 11.9 Å². The van der Waals surface area contributed by atoms with E-state index in [4.69, 9.17) is 14.7 Å². The summed E-state index contributed by atoms with van der Waals surface area (Å²) in [5.74, 6) is -3.02. The van der Waals surface area contributed by atoms with Gasteiger partial charge in [0.15, 0.2) is 12.6 Å². The van der Waals surface area contributed by atoms with Crippen molar-refractivity contribution in [3.05, 3.63) is 0 Å². The monoisotopic (exact) mass is 342 g/mol. The van der Waals surface area contributed by atoms with E-state index >= 15 is 0 Å². The van der Waals surface area contributed by atoms with Crippen molar-refractivity contribution < 1.29 is 29.1 Å². The molecule has 0 aromatic rings. The summed E-state index contributed by atoms with van der Waals surface area (Å²) in [6.07, 6.45) is 6.23. The summed E-state index contributed by atoms with van der Waals surface area (Å²) >= 11 is 0. The van der Waals surface area contributed by atoms with Crippen molar-refractivity contribution >= 4 is 24.1 Å². The fourth-order valence-electron chi connectivity index (χ4n) is 2.59. The number of hydrogen-bond donors (Lipinski definition) is 2. The lowest BCUT2D eigenvalue weighted by atomic mass is 9.87. The van der Waals surface area contributed by atoms with E-state index in [0.717, 1.165) is 31.9 Å². The highest BCUT2D eigenvalue weighted by Crippen LogP contribution is 2.26. The normalized spacial score (nSPS) is 16.8. The number of rotatable bonds is 8. The molecule has 8 heteroatoms. The molecule has 0 heterocycles. The molecule has 1 fully saturated rings. The van der Waals surface area contributed by atoms with Crippen molar-refractivity contribution in [2.75, 3.05) is 6.73 Å². The van der Waals surface area contributed by atoms with Crippen LogP contribution < -0.4 is 5.32 Å². The first kappa shape index (κ1) is 19.9. The summed E-state index contributed by atoms with van der Waals surface area (Å²) in [6, 6.07) is 0. The van der Waals surface area contributed by atoms with E-state index in [0.29, 0.717) is 12.3 Å². The minimum Gasteiger partial charge on any atom is -0.462 e. The number of hydrogen-bond acceptors (Lipinski definition) is 7. The highest BCUT2D eigenvalue weighted by atomic mass is 16.5. The Morgan fingerprint density at radius 2 is 1.92 bits per heavy atom. The summed E-state index contributed by atoms with van der Waals surface area (Å²) in [4.78, 5) is 35.4. The Balaban J connectivity index is 2.36. The van der Waals surface area contributed by atoms with Crippen LogP contribution in [0.3, 0.4) is 0 Å². The lowest BCUT2D eigenvalue weighted by Gasteiger charge is -2.20. The molecule has 1 aliphatic carbocycles. The molecule has 1 aliphatic rings. The lowest BCUT2D eigenvalue weighted by Crippen LogP contribution is -2.39. The highest BCUT2D eigenvalue weighted by molar-refractivity contribution is 6.10. The van der Waals surface area contributed by atoms with Crippen molar-refractivity contribution in [1.29, 1.82) is 0 Å². The first-order chi connectivity index (χ1) is 11.4. The number of oxime groups is 1. The van der Waals surface area contributed by atoms with Crippen molar-refractivity contribution in [3.63, 3.8) is 0 Å². The van der Waals surface area contributed by atoms with Gasteiger partial charge in [0.1, 0.15) is 0 Å². The molecule has 0 aromatic heterocycles. The van der Waals surface area contributed by atoms with E-state index in [1.807, 2.05) is 0 Å². The molecule has 0 aromatic carbocycles. The molecule has 0 saturated heterocycles. The maximum absolute atomic E-state index is 11.9. The Bertz CT molecular complexity index is 457. The summed E-state index contributed by atoms with van der Waals surface area (Å²) in [5.41, 5.74) is 0. The van der Waals surface area contributed by atoms with E-state index in [1.165, 1.54) is 6.42 Å². The third kappa shape index (κ3) is 7.43. The molecule has 0 bridgehead atoms. The van der Waals surface area contributed by atoms with Crippen LogP contribution in [0.1, 0.15) is 52.4 Å². The average molecular weight is 342 g/mol. The molecule has 2 N–H and O–H groups in total. The van der Waals surface area contributed by atoms with Crippen LogP contribution in [0.5, 0.6) is 0 Å². The molecule has 0 aliphatic heterocycles. The van der Waals surface area contributed by atoms with E-state index < -0.39 is 23.9 Å². The molecule has 1 rings (SSSR count). The number of carbonyl (C=O) groups excluding carboxylic acids is 3. The zero-order chi connectivity index (χ0) is 17.9. The highest BCUT2D eigenvalue weighted by Gasteiger charge is 2.27. The second kappa shape index (κ2) is 10.6. The van der Waals surface area contributed by atoms with Gasteiger partial charge < -0.3 is 20.0 Å². The lowest BCUT2D eigenvalue weighted by molar-refractivity contribution is -0.153. The van der Waals surface area contributed by atoms with Gasteiger partial charge in [-0.2, -0.15) is 0 Å². The number of nitrogens with zero attached hydrogens (tertiary/aromatic N) is 1. The second-order valence-corrected chi connectivity index (χ2v) is 6.14. The third-order valence-electron chi connectivity index (χ3n) is 3.76. The van der Waals surface area contributed by atoms with Crippen LogP contribution in [0.25, 0.3) is 0 Å². The predicted molar refractivity (Wildman–Crippen MR) is 85.3 cm³/mol. The van der Waals surface area contributed by atoms with Crippen LogP contribution >= 0.6 is 0 Å². The van der Waals surface area contributed by atoms with Crippen LogP contribution in [0, 0.1) is 11.8 Å². The Hall–Kier alpha value is -2.12. The maximum Gasteiger partial charge on any atom is 0.324 e. The summed E-state index contributed by atoms with van der Waals surface area (Å²) < 4.78 is 9.88. The minimum atomic E-state index is -1.39.